The Balaban J connectivity index is 1.62. The highest BCUT2D eigenvalue weighted by Crippen LogP contribution is 2.19. The molecule has 166 valence electrons. The fourth-order valence-electron chi connectivity index (χ4n) is 3.54. The summed E-state index contributed by atoms with van der Waals surface area (Å²) in [6.07, 6.45) is 0.407. The lowest BCUT2D eigenvalue weighted by Crippen LogP contribution is -2.53. The van der Waals surface area contributed by atoms with Crippen molar-refractivity contribution >= 4 is 29.1 Å². The van der Waals surface area contributed by atoms with Crippen molar-refractivity contribution in [2.45, 2.75) is 39.0 Å². The summed E-state index contributed by atoms with van der Waals surface area (Å²) < 4.78 is 5.23. The van der Waals surface area contributed by atoms with Gasteiger partial charge in [0.05, 0.1) is 6.04 Å². The molecule has 3 rings (SSSR count). The number of benzene rings is 3. The van der Waals surface area contributed by atoms with Crippen molar-refractivity contribution in [2.24, 2.45) is 5.92 Å². The lowest BCUT2D eigenvalue weighted by molar-refractivity contribution is -0.126. The number of carbonyl (C=O) groups excluding carboxylic acids is 3. The van der Waals surface area contributed by atoms with E-state index in [9.17, 15) is 14.4 Å². The Morgan fingerprint density at radius 1 is 0.906 bits per heavy atom. The van der Waals surface area contributed by atoms with E-state index < -0.39 is 24.1 Å². The molecule has 0 aliphatic carbocycles. The molecule has 32 heavy (non-hydrogen) atoms. The number of nitrogens with one attached hydrogen (secondary N) is 2. The molecule has 0 aliphatic heterocycles. The van der Waals surface area contributed by atoms with E-state index in [1.165, 1.54) is 0 Å². The molecule has 6 heteroatoms. The van der Waals surface area contributed by atoms with Crippen molar-refractivity contribution in [3.05, 3.63) is 83.9 Å². The highest BCUT2D eigenvalue weighted by Gasteiger charge is 2.27. The number of rotatable bonds is 9. The minimum atomic E-state index is -0.826. The van der Waals surface area contributed by atoms with Crippen LogP contribution in [0.2, 0.25) is 0 Å². The van der Waals surface area contributed by atoms with Crippen LogP contribution in [0, 0.1) is 5.92 Å². The minimum Gasteiger partial charge on any atom is -0.445 e. The summed E-state index contributed by atoms with van der Waals surface area (Å²) in [4.78, 5) is 36.9. The van der Waals surface area contributed by atoms with Gasteiger partial charge in [-0.2, -0.15) is 0 Å². The lowest BCUT2D eigenvalue weighted by Gasteiger charge is -2.23. The van der Waals surface area contributed by atoms with Gasteiger partial charge in [-0.1, -0.05) is 86.6 Å². The number of ether oxygens (including phenoxy) is 1. The van der Waals surface area contributed by atoms with Crippen LogP contribution in [0.4, 0.5) is 4.79 Å². The van der Waals surface area contributed by atoms with Crippen molar-refractivity contribution in [3.63, 3.8) is 0 Å². The average Bonchev–Trinajstić information content (AvgIpc) is 2.81. The molecule has 0 saturated carbocycles. The minimum absolute atomic E-state index is 0.108. The third-order valence-electron chi connectivity index (χ3n) is 5.25. The topological polar surface area (TPSA) is 84.5 Å². The quantitative estimate of drug-likeness (QED) is 0.500. The van der Waals surface area contributed by atoms with Gasteiger partial charge in [0.15, 0.2) is 0 Å². The zero-order valence-corrected chi connectivity index (χ0v) is 18.3. The molecule has 3 aromatic carbocycles. The Morgan fingerprint density at radius 2 is 1.59 bits per heavy atom. The molecule has 0 heterocycles. The molecule has 2 amide bonds. The van der Waals surface area contributed by atoms with Crippen LogP contribution in [0.3, 0.4) is 0 Å². The van der Waals surface area contributed by atoms with Gasteiger partial charge in [-0.05, 0) is 27.8 Å². The SMILES string of the molecule is CC(C)[C@H](NC(=O)OCc1ccccc1)C(=O)N[C@H](C=O)Cc1cccc2ccccc12. The predicted molar refractivity (Wildman–Crippen MR) is 124 cm³/mol. The summed E-state index contributed by atoms with van der Waals surface area (Å²) >= 11 is 0. The molecule has 0 saturated heterocycles. The van der Waals surface area contributed by atoms with Crippen molar-refractivity contribution in [3.8, 4) is 0 Å². The van der Waals surface area contributed by atoms with Gasteiger partial charge >= 0.3 is 6.09 Å². The first-order chi connectivity index (χ1) is 15.5. The highest BCUT2D eigenvalue weighted by atomic mass is 16.5. The number of hydrogen-bond acceptors (Lipinski definition) is 4. The van der Waals surface area contributed by atoms with Crippen LogP contribution in [-0.2, 0) is 27.4 Å². The monoisotopic (exact) mass is 432 g/mol. The first-order valence-electron chi connectivity index (χ1n) is 10.7. The van der Waals surface area contributed by atoms with E-state index in [1.54, 1.807) is 0 Å². The van der Waals surface area contributed by atoms with Gasteiger partial charge < -0.3 is 20.2 Å². The molecular weight excluding hydrogens is 404 g/mol. The summed E-state index contributed by atoms with van der Waals surface area (Å²) in [5.74, 6) is -0.613. The summed E-state index contributed by atoms with van der Waals surface area (Å²) in [5, 5.41) is 7.50. The van der Waals surface area contributed by atoms with Gasteiger partial charge in [0.2, 0.25) is 5.91 Å². The Labute approximate surface area is 188 Å². The Bertz CT molecular complexity index is 1060. The number of alkyl carbamates (subject to hydrolysis) is 1. The molecule has 2 N–H and O–H groups in total. The number of amides is 2. The summed E-state index contributed by atoms with van der Waals surface area (Å²) in [6.45, 7) is 3.75. The second-order valence-electron chi connectivity index (χ2n) is 8.02. The van der Waals surface area contributed by atoms with Crippen LogP contribution >= 0.6 is 0 Å². The van der Waals surface area contributed by atoms with Gasteiger partial charge in [-0.25, -0.2) is 4.79 Å². The summed E-state index contributed by atoms with van der Waals surface area (Å²) in [7, 11) is 0. The number of hydrogen-bond donors (Lipinski definition) is 2. The van der Waals surface area contributed by atoms with Crippen LogP contribution < -0.4 is 10.6 Å². The van der Waals surface area contributed by atoms with E-state index in [2.05, 4.69) is 10.6 Å². The molecule has 0 spiro atoms. The first-order valence-corrected chi connectivity index (χ1v) is 10.7. The number of fused-ring (bicyclic) bond motifs is 1. The Hall–Kier alpha value is -3.67. The standard InChI is InChI=1S/C26H28N2O4/c1-18(2)24(28-26(31)32-17-19-9-4-3-5-10-19)25(30)27-22(16-29)15-21-13-8-12-20-11-6-7-14-23(20)21/h3-14,16,18,22,24H,15,17H2,1-2H3,(H,27,30)(H,28,31)/t22-,24-/m0/s1. The maximum Gasteiger partial charge on any atom is 0.408 e. The molecule has 0 radical (unpaired) electrons. The molecule has 0 aliphatic rings. The lowest BCUT2D eigenvalue weighted by atomic mass is 9.98. The van der Waals surface area contributed by atoms with Crippen LogP contribution in [0.1, 0.15) is 25.0 Å². The van der Waals surface area contributed by atoms with Crippen LogP contribution in [0.15, 0.2) is 72.8 Å². The number of aldehydes is 1. The van der Waals surface area contributed by atoms with Crippen LogP contribution in [-0.4, -0.2) is 30.4 Å². The smallest absolute Gasteiger partial charge is 0.408 e. The van der Waals surface area contributed by atoms with E-state index in [0.29, 0.717) is 6.42 Å². The van der Waals surface area contributed by atoms with E-state index in [-0.39, 0.29) is 12.5 Å². The molecule has 0 bridgehead atoms. The molecule has 2 atom stereocenters. The molecule has 6 nitrogen and oxygen atoms in total. The van der Waals surface area contributed by atoms with Gasteiger partial charge in [0.25, 0.3) is 0 Å². The largest absolute Gasteiger partial charge is 0.445 e. The second-order valence-corrected chi connectivity index (χ2v) is 8.02. The Morgan fingerprint density at radius 3 is 2.31 bits per heavy atom. The third-order valence-corrected chi connectivity index (χ3v) is 5.25. The first kappa shape index (κ1) is 23.0. The van der Waals surface area contributed by atoms with Crippen molar-refractivity contribution in [2.75, 3.05) is 0 Å². The van der Waals surface area contributed by atoms with Crippen LogP contribution in [0.25, 0.3) is 10.8 Å². The third kappa shape index (κ3) is 6.17. The highest BCUT2D eigenvalue weighted by molar-refractivity contribution is 5.89. The zero-order chi connectivity index (χ0) is 22.9. The normalized spacial score (nSPS) is 12.7. The van der Waals surface area contributed by atoms with E-state index >= 15 is 0 Å². The van der Waals surface area contributed by atoms with E-state index in [4.69, 9.17) is 4.74 Å². The maximum atomic E-state index is 12.9. The van der Waals surface area contributed by atoms with Crippen molar-refractivity contribution in [1.82, 2.24) is 10.6 Å². The number of carbonyl (C=O) groups is 3. The molecule has 0 fully saturated rings. The predicted octanol–water partition coefficient (Wildman–Crippen LogP) is 4.02. The van der Waals surface area contributed by atoms with E-state index in [0.717, 1.165) is 28.2 Å². The molecule has 0 aromatic heterocycles. The van der Waals surface area contributed by atoms with Gasteiger partial charge in [-0.3, -0.25) is 4.79 Å². The average molecular weight is 433 g/mol. The maximum absolute atomic E-state index is 12.9. The summed E-state index contributed by atoms with van der Waals surface area (Å²) in [5.41, 5.74) is 1.82. The molecule has 3 aromatic rings. The van der Waals surface area contributed by atoms with Crippen molar-refractivity contribution in [1.29, 1.82) is 0 Å². The fourth-order valence-corrected chi connectivity index (χ4v) is 3.54. The second kappa shape index (κ2) is 11.1. The van der Waals surface area contributed by atoms with Crippen LogP contribution in [0.5, 0.6) is 0 Å². The summed E-state index contributed by atoms with van der Waals surface area (Å²) in [6, 6.07) is 21.6. The van der Waals surface area contributed by atoms with Gasteiger partial charge in [-0.15, -0.1) is 0 Å². The zero-order valence-electron chi connectivity index (χ0n) is 18.3. The molecule has 0 unspecified atom stereocenters. The fraction of sp³-hybridized carbons (Fsp3) is 0.269. The Kier molecular flexibility index (Phi) is 7.97. The van der Waals surface area contributed by atoms with Gasteiger partial charge in [0, 0.05) is 6.42 Å². The molecular formula is C26H28N2O4. The van der Waals surface area contributed by atoms with Gasteiger partial charge in [0.1, 0.15) is 18.9 Å². The van der Waals surface area contributed by atoms with E-state index in [1.807, 2.05) is 86.6 Å². The van der Waals surface area contributed by atoms with Crippen molar-refractivity contribution < 1.29 is 19.1 Å².